The van der Waals surface area contributed by atoms with Gasteiger partial charge >= 0.3 is 12.6 Å². The van der Waals surface area contributed by atoms with Gasteiger partial charge in [0.05, 0.1) is 6.54 Å². The molecule has 3 rings (SSSR count). The number of benzene rings is 1. The molecule has 1 saturated carbocycles. The van der Waals surface area contributed by atoms with E-state index in [-0.39, 0.29) is 17.9 Å². The van der Waals surface area contributed by atoms with Gasteiger partial charge in [0.15, 0.2) is 0 Å². The lowest BCUT2D eigenvalue weighted by molar-refractivity contribution is -0.125. The molecule has 1 atom stereocenters. The average molecular weight is 469 g/mol. The minimum Gasteiger partial charge on any atom is -0.435 e. The van der Waals surface area contributed by atoms with Crippen LogP contribution >= 0.6 is 0 Å². The van der Waals surface area contributed by atoms with E-state index in [0.717, 1.165) is 25.7 Å². The molecule has 1 heterocycles. The smallest absolute Gasteiger partial charge is 0.387 e. The van der Waals surface area contributed by atoms with Gasteiger partial charge in [-0.2, -0.15) is 8.78 Å². The van der Waals surface area contributed by atoms with Gasteiger partial charge < -0.3 is 20.3 Å². The van der Waals surface area contributed by atoms with Crippen molar-refractivity contribution in [3.63, 3.8) is 0 Å². The molecule has 1 aliphatic carbocycles. The fraction of sp³-hybridized carbons (Fsp3) is 0.565. The Bertz CT molecular complexity index is 889. The van der Waals surface area contributed by atoms with Crippen molar-refractivity contribution in [3.8, 4) is 18.1 Å². The third kappa shape index (κ3) is 7.01. The first kappa shape index (κ1) is 24.7. The Morgan fingerprint density at radius 1 is 1.18 bits per heavy atom. The molecular formula is C23H27F4N3O3. The summed E-state index contributed by atoms with van der Waals surface area (Å²) in [5.74, 6) is -2.53. The highest BCUT2D eigenvalue weighted by molar-refractivity contribution is 5.87. The average Bonchev–Trinajstić information content (AvgIpc) is 3.51. The number of alkyl halides is 4. The van der Waals surface area contributed by atoms with Crippen LogP contribution in [0, 0.1) is 17.8 Å². The zero-order valence-corrected chi connectivity index (χ0v) is 18.1. The first-order valence-electron chi connectivity index (χ1n) is 10.8. The highest BCUT2D eigenvalue weighted by Crippen LogP contribution is 2.53. The summed E-state index contributed by atoms with van der Waals surface area (Å²) in [5, 5.41) is 4.73. The Morgan fingerprint density at radius 3 is 2.45 bits per heavy atom. The number of rotatable bonds is 9. The highest BCUT2D eigenvalue weighted by atomic mass is 19.3. The van der Waals surface area contributed by atoms with E-state index in [0.29, 0.717) is 18.5 Å². The monoisotopic (exact) mass is 469 g/mol. The number of terminal acetylenes is 1. The Labute approximate surface area is 190 Å². The quantitative estimate of drug-likeness (QED) is 0.429. The standard InChI is InChI=1S/C23H27F4N3O3/c1-2-11-28-19(31)17(29-21(32)30-12-9-22(7-8-22)10-13-30)15-23(26,27)14-16-5-3-4-6-18(16)33-20(24)25/h1,3-6,17,20H,7-15H2,(H,28,31)(H,29,32)/t17-/m0/s1. The summed E-state index contributed by atoms with van der Waals surface area (Å²) in [6.07, 6.45) is 7.14. The zero-order chi connectivity index (χ0) is 24.1. The molecule has 3 amide bonds. The minimum atomic E-state index is -3.51. The van der Waals surface area contributed by atoms with Gasteiger partial charge in [-0.15, -0.1) is 6.42 Å². The molecule has 1 saturated heterocycles. The summed E-state index contributed by atoms with van der Waals surface area (Å²) in [5.41, 5.74) is 0.184. The van der Waals surface area contributed by atoms with Crippen LogP contribution in [0.1, 0.15) is 37.7 Å². The third-order valence-corrected chi connectivity index (χ3v) is 6.19. The fourth-order valence-electron chi connectivity index (χ4n) is 4.08. The number of hydrogen-bond donors (Lipinski definition) is 2. The molecule has 6 nitrogen and oxygen atoms in total. The fourth-order valence-corrected chi connectivity index (χ4v) is 4.08. The number of amides is 3. The van der Waals surface area contributed by atoms with Crippen LogP contribution in [0.4, 0.5) is 22.4 Å². The second-order valence-corrected chi connectivity index (χ2v) is 8.63. The van der Waals surface area contributed by atoms with Crippen molar-refractivity contribution in [1.82, 2.24) is 15.5 Å². The number of halogens is 4. The van der Waals surface area contributed by atoms with Gasteiger partial charge in [0.2, 0.25) is 5.91 Å². The second kappa shape index (κ2) is 10.3. The number of piperidine rings is 1. The maximum absolute atomic E-state index is 14.9. The van der Waals surface area contributed by atoms with Gasteiger partial charge in [-0.05, 0) is 37.2 Å². The lowest BCUT2D eigenvalue weighted by atomic mass is 9.94. The van der Waals surface area contributed by atoms with Gasteiger partial charge in [-0.25, -0.2) is 13.6 Å². The zero-order valence-electron chi connectivity index (χ0n) is 18.1. The molecule has 0 bridgehead atoms. The number of nitrogens with zero attached hydrogens (tertiary/aromatic N) is 1. The van der Waals surface area contributed by atoms with Gasteiger partial charge in [0, 0.05) is 31.5 Å². The second-order valence-electron chi connectivity index (χ2n) is 8.63. The molecule has 180 valence electrons. The molecular weight excluding hydrogens is 442 g/mol. The number of carbonyl (C=O) groups excluding carboxylic acids is 2. The highest BCUT2D eigenvalue weighted by Gasteiger charge is 2.45. The van der Waals surface area contributed by atoms with E-state index in [2.05, 4.69) is 21.3 Å². The molecule has 2 fully saturated rings. The van der Waals surface area contributed by atoms with Gasteiger partial charge in [-0.3, -0.25) is 4.79 Å². The van der Waals surface area contributed by atoms with E-state index in [1.54, 1.807) is 0 Å². The maximum atomic E-state index is 14.9. The Hall–Kier alpha value is -2.96. The summed E-state index contributed by atoms with van der Waals surface area (Å²) in [7, 11) is 0. The summed E-state index contributed by atoms with van der Waals surface area (Å²) >= 11 is 0. The van der Waals surface area contributed by atoms with Crippen LogP contribution in [0.25, 0.3) is 0 Å². The molecule has 1 aromatic carbocycles. The molecule has 10 heteroatoms. The molecule has 1 aromatic rings. The molecule has 33 heavy (non-hydrogen) atoms. The van der Waals surface area contributed by atoms with Crippen LogP contribution in [-0.4, -0.2) is 55.0 Å². The Balaban J connectivity index is 1.67. The van der Waals surface area contributed by atoms with Crippen molar-refractivity contribution in [2.75, 3.05) is 19.6 Å². The molecule has 1 aliphatic heterocycles. The minimum absolute atomic E-state index is 0.136. The molecule has 1 spiro atoms. The summed E-state index contributed by atoms with van der Waals surface area (Å²) in [6, 6.07) is 3.08. The molecule has 2 N–H and O–H groups in total. The molecule has 0 aromatic heterocycles. The molecule has 0 radical (unpaired) electrons. The van der Waals surface area contributed by atoms with Gasteiger partial charge in [0.1, 0.15) is 11.8 Å². The number of nitrogens with one attached hydrogen (secondary N) is 2. The summed E-state index contributed by atoms with van der Waals surface area (Å²) in [4.78, 5) is 26.7. The number of hydrogen-bond acceptors (Lipinski definition) is 3. The maximum Gasteiger partial charge on any atom is 0.387 e. The first-order valence-corrected chi connectivity index (χ1v) is 10.8. The largest absolute Gasteiger partial charge is 0.435 e. The SMILES string of the molecule is C#CCNC(=O)[C@H](CC(F)(F)Cc1ccccc1OC(F)F)NC(=O)N1CCC2(CC1)CC2. The van der Waals surface area contributed by atoms with Crippen molar-refractivity contribution in [2.45, 2.75) is 57.1 Å². The van der Waals surface area contributed by atoms with Crippen LogP contribution in [0.3, 0.4) is 0 Å². The number of urea groups is 1. The van der Waals surface area contributed by atoms with E-state index < -0.39 is 43.4 Å². The topological polar surface area (TPSA) is 70.7 Å². The number of para-hydroxylation sites is 1. The Kier molecular flexibility index (Phi) is 7.72. The predicted octanol–water partition coefficient (Wildman–Crippen LogP) is 3.56. The van der Waals surface area contributed by atoms with Crippen molar-refractivity contribution in [2.24, 2.45) is 5.41 Å². The van der Waals surface area contributed by atoms with Crippen LogP contribution in [0.2, 0.25) is 0 Å². The number of likely N-dealkylation sites (tertiary alicyclic amines) is 1. The summed E-state index contributed by atoms with van der Waals surface area (Å²) in [6.45, 7) is -2.35. The van der Waals surface area contributed by atoms with E-state index in [9.17, 15) is 27.2 Å². The normalized spacial score (nSPS) is 17.9. The van der Waals surface area contributed by atoms with Gasteiger partial charge in [-0.1, -0.05) is 24.1 Å². The van der Waals surface area contributed by atoms with E-state index in [1.165, 1.54) is 29.2 Å². The molecule has 0 unspecified atom stereocenters. The lowest BCUT2D eigenvalue weighted by Crippen LogP contribution is -2.54. The van der Waals surface area contributed by atoms with E-state index in [1.807, 2.05) is 0 Å². The van der Waals surface area contributed by atoms with E-state index >= 15 is 0 Å². The number of ether oxygens (including phenoxy) is 1. The van der Waals surface area contributed by atoms with Crippen LogP contribution in [0.5, 0.6) is 5.75 Å². The van der Waals surface area contributed by atoms with Crippen molar-refractivity contribution in [1.29, 1.82) is 0 Å². The van der Waals surface area contributed by atoms with Crippen LogP contribution < -0.4 is 15.4 Å². The predicted molar refractivity (Wildman–Crippen MR) is 113 cm³/mol. The Morgan fingerprint density at radius 2 is 1.85 bits per heavy atom. The third-order valence-electron chi connectivity index (χ3n) is 6.19. The molecule has 2 aliphatic rings. The summed E-state index contributed by atoms with van der Waals surface area (Å²) < 4.78 is 59.4. The van der Waals surface area contributed by atoms with Gasteiger partial charge in [0.25, 0.3) is 5.92 Å². The number of carbonyl (C=O) groups is 2. The van der Waals surface area contributed by atoms with E-state index in [4.69, 9.17) is 6.42 Å². The lowest BCUT2D eigenvalue weighted by Gasteiger charge is -2.33. The van der Waals surface area contributed by atoms with Crippen molar-refractivity contribution in [3.05, 3.63) is 29.8 Å². The first-order chi connectivity index (χ1) is 15.6. The van der Waals surface area contributed by atoms with Crippen LogP contribution in [0.15, 0.2) is 24.3 Å². The van der Waals surface area contributed by atoms with Crippen molar-refractivity contribution < 1.29 is 31.9 Å². The van der Waals surface area contributed by atoms with Crippen molar-refractivity contribution >= 4 is 11.9 Å². The van der Waals surface area contributed by atoms with Crippen LogP contribution in [-0.2, 0) is 11.2 Å².